The molecular formula is C18H17ClN2O4S. The largest absolute Gasteiger partial charge is 0.495 e. The maximum Gasteiger partial charge on any atom is 0.286 e. The van der Waals surface area contributed by atoms with Crippen molar-refractivity contribution in [3.63, 3.8) is 0 Å². The molecule has 1 aromatic heterocycles. The summed E-state index contributed by atoms with van der Waals surface area (Å²) in [5.74, 6) is 1.56. The van der Waals surface area contributed by atoms with Gasteiger partial charge in [0.15, 0.2) is 11.4 Å². The second kappa shape index (κ2) is 7.80. The summed E-state index contributed by atoms with van der Waals surface area (Å²) in [6, 6.07) is 10.4. The number of halogens is 1. The Kier molecular flexibility index (Phi) is 5.49. The van der Waals surface area contributed by atoms with E-state index < -0.39 is 0 Å². The second-order valence-electron chi connectivity index (χ2n) is 5.34. The van der Waals surface area contributed by atoms with E-state index in [0.717, 1.165) is 10.2 Å². The Bertz CT molecular complexity index is 1010. The lowest BCUT2D eigenvalue weighted by atomic mass is 10.3. The fraction of sp³-hybridized carbons (Fsp3) is 0.222. The van der Waals surface area contributed by atoms with Gasteiger partial charge < -0.3 is 18.8 Å². The Morgan fingerprint density at radius 1 is 1.12 bits per heavy atom. The molecule has 0 bridgehead atoms. The number of aryl methyl sites for hydroxylation is 1. The average molecular weight is 393 g/mol. The Labute approximate surface area is 159 Å². The van der Waals surface area contributed by atoms with Gasteiger partial charge in [0.1, 0.15) is 27.5 Å². The van der Waals surface area contributed by atoms with Crippen LogP contribution >= 0.6 is 22.9 Å². The van der Waals surface area contributed by atoms with Crippen molar-refractivity contribution in [2.45, 2.75) is 0 Å². The molecule has 0 N–H and O–H groups in total. The van der Waals surface area contributed by atoms with Crippen LogP contribution in [0.4, 0.5) is 0 Å². The number of carbonyl (C=O) groups is 1. The number of amides is 1. The fourth-order valence-corrected chi connectivity index (χ4v) is 3.71. The Balaban J connectivity index is 1.90. The average Bonchev–Trinajstić information content (AvgIpc) is 2.97. The molecule has 0 unspecified atom stereocenters. The Hall–Kier alpha value is -2.51. The van der Waals surface area contributed by atoms with Crippen molar-refractivity contribution in [2.75, 3.05) is 20.8 Å². The highest BCUT2D eigenvalue weighted by molar-refractivity contribution is 7.16. The molecule has 0 saturated heterocycles. The van der Waals surface area contributed by atoms with E-state index in [0.29, 0.717) is 27.1 Å². The molecule has 3 rings (SSSR count). The van der Waals surface area contributed by atoms with E-state index in [1.807, 2.05) is 23.7 Å². The van der Waals surface area contributed by atoms with Crippen molar-refractivity contribution < 1.29 is 19.0 Å². The molecule has 0 saturated carbocycles. The van der Waals surface area contributed by atoms with Crippen LogP contribution in [0.15, 0.2) is 41.4 Å². The highest BCUT2D eigenvalue weighted by atomic mass is 35.5. The van der Waals surface area contributed by atoms with E-state index in [9.17, 15) is 4.79 Å². The number of hydrogen-bond acceptors (Lipinski definition) is 5. The first kappa shape index (κ1) is 18.3. The van der Waals surface area contributed by atoms with Crippen LogP contribution in [0.5, 0.6) is 17.2 Å². The SMILES string of the molecule is COc1ccc(OC)c2c1sc(=NC(=O)COc1ccc(Cl)cc1)n2C. The maximum absolute atomic E-state index is 12.2. The maximum atomic E-state index is 12.2. The van der Waals surface area contributed by atoms with E-state index >= 15 is 0 Å². The van der Waals surface area contributed by atoms with Crippen molar-refractivity contribution >= 4 is 39.1 Å². The van der Waals surface area contributed by atoms with Gasteiger partial charge in [-0.15, -0.1) is 0 Å². The first-order chi connectivity index (χ1) is 12.5. The molecule has 26 heavy (non-hydrogen) atoms. The second-order valence-corrected chi connectivity index (χ2v) is 6.75. The molecule has 0 spiro atoms. The summed E-state index contributed by atoms with van der Waals surface area (Å²) >= 11 is 7.18. The smallest absolute Gasteiger partial charge is 0.286 e. The molecule has 6 nitrogen and oxygen atoms in total. The molecule has 0 aliphatic heterocycles. The number of rotatable bonds is 5. The zero-order valence-electron chi connectivity index (χ0n) is 14.5. The van der Waals surface area contributed by atoms with Crippen molar-refractivity contribution in [3.05, 3.63) is 46.2 Å². The van der Waals surface area contributed by atoms with E-state index in [1.54, 1.807) is 38.5 Å². The lowest BCUT2D eigenvalue weighted by molar-refractivity contribution is -0.120. The quantitative estimate of drug-likeness (QED) is 0.667. The van der Waals surface area contributed by atoms with Gasteiger partial charge in [-0.1, -0.05) is 22.9 Å². The highest BCUT2D eigenvalue weighted by Gasteiger charge is 2.14. The van der Waals surface area contributed by atoms with Crippen LogP contribution in [0, 0.1) is 0 Å². The summed E-state index contributed by atoms with van der Waals surface area (Å²) in [5, 5.41) is 0.605. The van der Waals surface area contributed by atoms with Gasteiger partial charge in [-0.25, -0.2) is 0 Å². The van der Waals surface area contributed by atoms with E-state index in [4.69, 9.17) is 25.8 Å². The van der Waals surface area contributed by atoms with E-state index in [1.165, 1.54) is 11.3 Å². The normalized spacial score (nSPS) is 11.6. The monoisotopic (exact) mass is 392 g/mol. The van der Waals surface area contributed by atoms with Crippen LogP contribution in [0.25, 0.3) is 10.2 Å². The molecule has 0 radical (unpaired) electrons. The summed E-state index contributed by atoms with van der Waals surface area (Å²) in [6.45, 7) is -0.163. The minimum atomic E-state index is -0.389. The van der Waals surface area contributed by atoms with E-state index in [2.05, 4.69) is 4.99 Å². The molecule has 0 aliphatic rings. The van der Waals surface area contributed by atoms with Gasteiger partial charge >= 0.3 is 0 Å². The summed E-state index contributed by atoms with van der Waals surface area (Å²) in [6.07, 6.45) is 0. The molecule has 1 amide bonds. The Morgan fingerprint density at radius 3 is 2.42 bits per heavy atom. The van der Waals surface area contributed by atoms with Crippen LogP contribution in [0.2, 0.25) is 5.02 Å². The minimum absolute atomic E-state index is 0.163. The number of ether oxygens (including phenoxy) is 3. The number of fused-ring (bicyclic) bond motifs is 1. The standard InChI is InChI=1S/C18H17ClN2O4S/c1-21-16-13(23-2)8-9-14(24-3)17(16)26-18(21)20-15(22)10-25-12-6-4-11(19)5-7-12/h4-9H,10H2,1-3H3. The first-order valence-corrected chi connectivity index (χ1v) is 8.89. The van der Waals surface area contributed by atoms with Gasteiger partial charge in [0, 0.05) is 12.1 Å². The summed E-state index contributed by atoms with van der Waals surface area (Å²) in [4.78, 5) is 16.9. The number of thiazole rings is 1. The van der Waals surface area contributed by atoms with Crippen LogP contribution in [0.1, 0.15) is 0 Å². The summed E-state index contributed by atoms with van der Waals surface area (Å²) < 4.78 is 18.9. The van der Waals surface area contributed by atoms with Crippen LogP contribution in [0.3, 0.4) is 0 Å². The first-order valence-electron chi connectivity index (χ1n) is 7.70. The van der Waals surface area contributed by atoms with Crippen LogP contribution in [-0.2, 0) is 11.8 Å². The minimum Gasteiger partial charge on any atom is -0.495 e. The van der Waals surface area contributed by atoms with E-state index in [-0.39, 0.29) is 12.5 Å². The van der Waals surface area contributed by atoms with Gasteiger partial charge in [-0.05, 0) is 36.4 Å². The molecule has 0 aliphatic carbocycles. The van der Waals surface area contributed by atoms with Crippen molar-refractivity contribution in [3.8, 4) is 17.2 Å². The molecule has 8 heteroatoms. The zero-order chi connectivity index (χ0) is 18.7. The number of nitrogens with zero attached hydrogens (tertiary/aromatic N) is 2. The van der Waals surface area contributed by atoms with Gasteiger partial charge in [0.05, 0.1) is 14.2 Å². The van der Waals surface area contributed by atoms with Crippen molar-refractivity contribution in [1.29, 1.82) is 0 Å². The van der Waals surface area contributed by atoms with Gasteiger partial charge in [-0.3, -0.25) is 4.79 Å². The highest BCUT2D eigenvalue weighted by Crippen LogP contribution is 2.34. The third kappa shape index (κ3) is 3.68. The predicted molar refractivity (Wildman–Crippen MR) is 101 cm³/mol. The zero-order valence-corrected chi connectivity index (χ0v) is 16.1. The number of carbonyl (C=O) groups excluding carboxylic acids is 1. The molecule has 0 fully saturated rings. The van der Waals surface area contributed by atoms with Crippen molar-refractivity contribution in [2.24, 2.45) is 12.0 Å². The van der Waals surface area contributed by atoms with Crippen molar-refractivity contribution in [1.82, 2.24) is 4.57 Å². The van der Waals surface area contributed by atoms with Gasteiger partial charge in [0.2, 0.25) is 0 Å². The van der Waals surface area contributed by atoms with Gasteiger partial charge in [0.25, 0.3) is 5.91 Å². The third-order valence-corrected chi connectivity index (χ3v) is 5.11. The number of aromatic nitrogens is 1. The number of methoxy groups -OCH3 is 2. The van der Waals surface area contributed by atoms with Gasteiger partial charge in [-0.2, -0.15) is 4.99 Å². The molecule has 1 heterocycles. The fourth-order valence-electron chi connectivity index (χ4n) is 2.44. The predicted octanol–water partition coefficient (Wildman–Crippen LogP) is 3.42. The summed E-state index contributed by atoms with van der Waals surface area (Å²) in [5.41, 5.74) is 0.821. The summed E-state index contributed by atoms with van der Waals surface area (Å²) in [7, 11) is 5.02. The lowest BCUT2D eigenvalue weighted by Gasteiger charge is -2.06. The van der Waals surface area contributed by atoms with Crippen LogP contribution in [-0.4, -0.2) is 31.3 Å². The molecule has 136 valence electrons. The molecule has 3 aromatic rings. The molecular weight excluding hydrogens is 376 g/mol. The van der Waals surface area contributed by atoms with Crippen LogP contribution < -0.4 is 19.0 Å². The topological polar surface area (TPSA) is 62.1 Å². The third-order valence-electron chi connectivity index (χ3n) is 3.71. The number of hydrogen-bond donors (Lipinski definition) is 0. The molecule has 0 atom stereocenters. The lowest BCUT2D eigenvalue weighted by Crippen LogP contribution is -2.17. The number of benzene rings is 2. The molecule has 2 aromatic carbocycles. The Morgan fingerprint density at radius 2 is 1.77 bits per heavy atom.